The van der Waals surface area contributed by atoms with E-state index in [1.807, 2.05) is 12.1 Å². The number of nitrogen functional groups attached to an aromatic ring is 1. The van der Waals surface area contributed by atoms with Crippen molar-refractivity contribution in [3.8, 4) is 12.3 Å². The fraction of sp³-hybridized carbons (Fsp3) is 0.250. The van der Waals surface area contributed by atoms with Crippen LogP contribution >= 0.6 is 0 Å². The van der Waals surface area contributed by atoms with E-state index in [4.69, 9.17) is 12.2 Å². The predicted octanol–water partition coefficient (Wildman–Crippen LogP) is 3.84. The van der Waals surface area contributed by atoms with Crippen LogP contribution in [0.25, 0.3) is 10.8 Å². The van der Waals surface area contributed by atoms with Crippen LogP contribution in [0.1, 0.15) is 36.5 Å². The summed E-state index contributed by atoms with van der Waals surface area (Å²) in [5, 5.41) is 2.31. The zero-order valence-electron chi connectivity index (χ0n) is 10.5. The molecule has 2 N–H and O–H groups in total. The van der Waals surface area contributed by atoms with Crippen LogP contribution in [0.3, 0.4) is 0 Å². The number of hydrogen-bond donors (Lipinski definition) is 1. The SMILES string of the molecule is C#Cc1c(C)ccc2cc(N)cc(C(C)C)c12. The van der Waals surface area contributed by atoms with Crippen molar-refractivity contribution in [2.45, 2.75) is 26.7 Å². The molecular formula is C16H17N. The molecule has 1 heteroatoms. The number of fused-ring (bicyclic) bond motifs is 1. The fourth-order valence-corrected chi connectivity index (χ4v) is 2.27. The Morgan fingerprint density at radius 3 is 2.53 bits per heavy atom. The van der Waals surface area contributed by atoms with Gasteiger partial charge in [0.05, 0.1) is 0 Å². The summed E-state index contributed by atoms with van der Waals surface area (Å²) in [6.07, 6.45) is 5.64. The Hall–Kier alpha value is -1.94. The molecule has 0 saturated heterocycles. The average molecular weight is 223 g/mol. The molecule has 0 unspecified atom stereocenters. The Morgan fingerprint density at radius 2 is 1.94 bits per heavy atom. The van der Waals surface area contributed by atoms with E-state index >= 15 is 0 Å². The minimum Gasteiger partial charge on any atom is -0.399 e. The molecule has 0 spiro atoms. The molecule has 0 aliphatic rings. The Kier molecular flexibility index (Phi) is 2.81. The first-order chi connectivity index (χ1) is 8.04. The second-order valence-corrected chi connectivity index (χ2v) is 4.76. The van der Waals surface area contributed by atoms with Crippen LogP contribution in [-0.2, 0) is 0 Å². The first-order valence-electron chi connectivity index (χ1n) is 5.84. The summed E-state index contributed by atoms with van der Waals surface area (Å²) in [6.45, 7) is 6.38. The topological polar surface area (TPSA) is 26.0 Å². The van der Waals surface area contributed by atoms with Crippen molar-refractivity contribution < 1.29 is 0 Å². The smallest absolute Gasteiger partial charge is 0.0353 e. The maximum absolute atomic E-state index is 5.94. The van der Waals surface area contributed by atoms with Crippen LogP contribution in [0.15, 0.2) is 24.3 Å². The van der Waals surface area contributed by atoms with Crippen molar-refractivity contribution in [2.24, 2.45) is 0 Å². The average Bonchev–Trinajstić information content (AvgIpc) is 2.28. The Morgan fingerprint density at radius 1 is 1.24 bits per heavy atom. The van der Waals surface area contributed by atoms with E-state index in [0.29, 0.717) is 5.92 Å². The Balaban J connectivity index is 2.98. The molecule has 0 aromatic heterocycles. The standard InChI is InChI=1S/C16H17N/c1-5-14-11(4)6-7-12-8-13(17)9-15(10(2)3)16(12)14/h1,6-10H,17H2,2-4H3. The van der Waals surface area contributed by atoms with Crippen molar-refractivity contribution in [1.29, 1.82) is 0 Å². The normalized spacial score (nSPS) is 10.8. The molecule has 0 radical (unpaired) electrons. The number of hydrogen-bond acceptors (Lipinski definition) is 1. The number of nitrogens with two attached hydrogens (primary N) is 1. The minimum absolute atomic E-state index is 0.412. The Bertz CT molecular complexity index is 615. The van der Waals surface area contributed by atoms with Crippen molar-refractivity contribution in [1.82, 2.24) is 0 Å². The highest BCUT2D eigenvalue weighted by atomic mass is 14.5. The number of benzene rings is 2. The number of anilines is 1. The lowest BCUT2D eigenvalue weighted by molar-refractivity contribution is 0.876. The molecule has 0 heterocycles. The van der Waals surface area contributed by atoms with E-state index in [0.717, 1.165) is 22.2 Å². The van der Waals surface area contributed by atoms with Crippen LogP contribution in [-0.4, -0.2) is 0 Å². The van der Waals surface area contributed by atoms with Gasteiger partial charge in [-0.05, 0) is 41.5 Å². The van der Waals surface area contributed by atoms with Gasteiger partial charge in [0.25, 0.3) is 0 Å². The van der Waals surface area contributed by atoms with E-state index in [1.165, 1.54) is 10.9 Å². The van der Waals surface area contributed by atoms with Crippen LogP contribution in [0, 0.1) is 19.3 Å². The Labute approximate surface area is 103 Å². The molecule has 0 aliphatic carbocycles. The largest absolute Gasteiger partial charge is 0.399 e. The van der Waals surface area contributed by atoms with Crippen molar-refractivity contribution in [3.05, 3.63) is 41.0 Å². The molecule has 0 aliphatic heterocycles. The summed E-state index contributed by atoms with van der Waals surface area (Å²) in [5.74, 6) is 3.22. The number of rotatable bonds is 1. The molecule has 1 nitrogen and oxygen atoms in total. The summed E-state index contributed by atoms with van der Waals surface area (Å²) < 4.78 is 0. The maximum Gasteiger partial charge on any atom is 0.0353 e. The number of aryl methyl sites for hydroxylation is 1. The van der Waals surface area contributed by atoms with Gasteiger partial charge >= 0.3 is 0 Å². The van der Waals surface area contributed by atoms with Gasteiger partial charge in [0.1, 0.15) is 0 Å². The summed E-state index contributed by atoms with van der Waals surface area (Å²) in [7, 11) is 0. The van der Waals surface area contributed by atoms with Crippen LogP contribution < -0.4 is 5.73 Å². The highest BCUT2D eigenvalue weighted by Crippen LogP contribution is 2.32. The van der Waals surface area contributed by atoms with Crippen molar-refractivity contribution in [2.75, 3.05) is 5.73 Å². The van der Waals surface area contributed by atoms with E-state index in [-0.39, 0.29) is 0 Å². The third kappa shape index (κ3) is 1.87. The van der Waals surface area contributed by atoms with E-state index in [9.17, 15) is 0 Å². The van der Waals surface area contributed by atoms with Gasteiger partial charge in [-0.15, -0.1) is 6.42 Å². The highest BCUT2D eigenvalue weighted by Gasteiger charge is 2.11. The van der Waals surface area contributed by atoms with Gasteiger partial charge in [-0.1, -0.05) is 31.9 Å². The molecule has 2 aromatic carbocycles. The van der Waals surface area contributed by atoms with E-state index in [2.05, 4.69) is 38.8 Å². The molecular weight excluding hydrogens is 206 g/mol. The maximum atomic E-state index is 5.94. The molecule has 2 aromatic rings. The van der Waals surface area contributed by atoms with Gasteiger partial charge in [0.2, 0.25) is 0 Å². The van der Waals surface area contributed by atoms with Crippen molar-refractivity contribution >= 4 is 16.5 Å². The summed E-state index contributed by atoms with van der Waals surface area (Å²) >= 11 is 0. The van der Waals surface area contributed by atoms with Gasteiger partial charge in [-0.3, -0.25) is 0 Å². The zero-order chi connectivity index (χ0) is 12.6. The van der Waals surface area contributed by atoms with Gasteiger partial charge in [0, 0.05) is 16.6 Å². The van der Waals surface area contributed by atoms with Crippen LogP contribution in [0.4, 0.5) is 5.69 Å². The monoisotopic (exact) mass is 223 g/mol. The third-order valence-electron chi connectivity index (χ3n) is 3.15. The fourth-order valence-electron chi connectivity index (χ4n) is 2.27. The van der Waals surface area contributed by atoms with Crippen LogP contribution in [0.5, 0.6) is 0 Å². The molecule has 0 bridgehead atoms. The van der Waals surface area contributed by atoms with Crippen molar-refractivity contribution in [3.63, 3.8) is 0 Å². The second kappa shape index (κ2) is 4.14. The lowest BCUT2D eigenvalue weighted by atomic mass is 9.90. The molecule has 86 valence electrons. The van der Waals surface area contributed by atoms with Crippen LogP contribution in [0.2, 0.25) is 0 Å². The van der Waals surface area contributed by atoms with E-state index < -0.39 is 0 Å². The predicted molar refractivity (Wildman–Crippen MR) is 75.1 cm³/mol. The lowest BCUT2D eigenvalue weighted by Gasteiger charge is -2.14. The van der Waals surface area contributed by atoms with Gasteiger partial charge in [-0.2, -0.15) is 0 Å². The molecule has 0 atom stereocenters. The molecule has 0 saturated carbocycles. The van der Waals surface area contributed by atoms with E-state index in [1.54, 1.807) is 0 Å². The minimum atomic E-state index is 0.412. The third-order valence-corrected chi connectivity index (χ3v) is 3.15. The first kappa shape index (κ1) is 11.5. The quantitative estimate of drug-likeness (QED) is 0.577. The molecule has 0 amide bonds. The van der Waals surface area contributed by atoms with Gasteiger partial charge in [0.15, 0.2) is 0 Å². The second-order valence-electron chi connectivity index (χ2n) is 4.76. The molecule has 0 fully saturated rings. The van der Waals surface area contributed by atoms with Gasteiger partial charge in [-0.25, -0.2) is 0 Å². The highest BCUT2D eigenvalue weighted by molar-refractivity contribution is 5.94. The van der Waals surface area contributed by atoms with Gasteiger partial charge < -0.3 is 5.73 Å². The molecule has 2 rings (SSSR count). The molecule has 17 heavy (non-hydrogen) atoms. The first-order valence-corrected chi connectivity index (χ1v) is 5.84. The lowest BCUT2D eigenvalue weighted by Crippen LogP contribution is -1.97. The number of terminal acetylenes is 1. The summed E-state index contributed by atoms with van der Waals surface area (Å²) in [5.41, 5.74) is 10.1. The summed E-state index contributed by atoms with van der Waals surface area (Å²) in [6, 6.07) is 8.17. The zero-order valence-corrected chi connectivity index (χ0v) is 10.5. The summed E-state index contributed by atoms with van der Waals surface area (Å²) in [4.78, 5) is 0.